The van der Waals surface area contributed by atoms with Crippen LogP contribution in [0.25, 0.3) is 0 Å². The van der Waals surface area contributed by atoms with E-state index in [1.165, 1.54) is 31.4 Å². The van der Waals surface area contributed by atoms with Gasteiger partial charge in [-0.2, -0.15) is 0 Å². The minimum Gasteiger partial charge on any atom is -0.497 e. The van der Waals surface area contributed by atoms with Gasteiger partial charge in [0.1, 0.15) is 11.9 Å². The molecule has 0 aliphatic rings. The molecule has 1 N–H and O–H groups in total. The maximum absolute atomic E-state index is 13.1. The first-order valence-electron chi connectivity index (χ1n) is 5.95. The molecular formula is C15H11F3O3. The average molecular weight is 296 g/mol. The molecule has 2 aromatic rings. The van der Waals surface area contributed by atoms with Crippen LogP contribution in [0.2, 0.25) is 0 Å². The Morgan fingerprint density at radius 2 is 1.62 bits per heavy atom. The van der Waals surface area contributed by atoms with Gasteiger partial charge >= 0.3 is 0 Å². The van der Waals surface area contributed by atoms with Crippen LogP contribution >= 0.6 is 0 Å². The number of Topliss-reactive ketones (excluding diaryl/α,β-unsaturated/α-hetero) is 1. The summed E-state index contributed by atoms with van der Waals surface area (Å²) in [6.07, 6.45) is -1.61. The topological polar surface area (TPSA) is 46.5 Å². The van der Waals surface area contributed by atoms with Crippen molar-refractivity contribution in [2.45, 2.75) is 6.10 Å². The van der Waals surface area contributed by atoms with Crippen molar-refractivity contribution in [3.8, 4) is 5.75 Å². The molecule has 2 aromatic carbocycles. The molecule has 0 amide bonds. The third-order valence-electron chi connectivity index (χ3n) is 2.95. The molecule has 3 nitrogen and oxygen atoms in total. The predicted octanol–water partition coefficient (Wildman–Crippen LogP) is 3.03. The number of carbonyl (C=O) groups is 1. The summed E-state index contributed by atoms with van der Waals surface area (Å²) in [5.74, 6) is -5.04. The van der Waals surface area contributed by atoms with Crippen molar-refractivity contribution in [1.29, 1.82) is 0 Å². The number of methoxy groups -OCH3 is 1. The van der Waals surface area contributed by atoms with Gasteiger partial charge in [0.2, 0.25) is 0 Å². The highest BCUT2D eigenvalue weighted by molar-refractivity contribution is 5.99. The zero-order valence-electron chi connectivity index (χ0n) is 10.9. The highest BCUT2D eigenvalue weighted by Crippen LogP contribution is 2.23. The molecule has 1 unspecified atom stereocenters. The Kier molecular flexibility index (Phi) is 4.28. The van der Waals surface area contributed by atoms with Gasteiger partial charge in [-0.05, 0) is 29.8 Å². The van der Waals surface area contributed by atoms with Crippen LogP contribution in [-0.4, -0.2) is 18.0 Å². The Labute approximate surface area is 118 Å². The lowest BCUT2D eigenvalue weighted by Gasteiger charge is -2.11. The highest BCUT2D eigenvalue weighted by Gasteiger charge is 2.22. The fraction of sp³-hybridized carbons (Fsp3) is 0.133. The van der Waals surface area contributed by atoms with Crippen LogP contribution < -0.4 is 4.74 Å². The number of aliphatic hydroxyl groups is 1. The van der Waals surface area contributed by atoms with Crippen LogP contribution in [0.5, 0.6) is 5.75 Å². The second-order valence-electron chi connectivity index (χ2n) is 4.29. The SMILES string of the molecule is COc1ccc(C(O)C(=O)c2cc(F)c(F)c(F)c2)cc1. The molecule has 110 valence electrons. The number of ether oxygens (including phenoxy) is 1. The zero-order chi connectivity index (χ0) is 15.6. The minimum atomic E-state index is -1.66. The molecule has 0 saturated heterocycles. The maximum atomic E-state index is 13.1. The molecule has 2 rings (SSSR count). The minimum absolute atomic E-state index is 0.228. The normalized spacial score (nSPS) is 12.0. The molecule has 0 aromatic heterocycles. The molecule has 0 fully saturated rings. The van der Waals surface area contributed by atoms with E-state index in [1.807, 2.05) is 0 Å². The van der Waals surface area contributed by atoms with Gasteiger partial charge in [-0.25, -0.2) is 13.2 Å². The number of hydrogen-bond acceptors (Lipinski definition) is 3. The first kappa shape index (κ1) is 15.1. The first-order chi connectivity index (χ1) is 9.93. The Balaban J connectivity index is 2.30. The lowest BCUT2D eigenvalue weighted by molar-refractivity contribution is 0.0746. The van der Waals surface area contributed by atoms with Gasteiger partial charge in [-0.3, -0.25) is 4.79 Å². The van der Waals surface area contributed by atoms with E-state index in [-0.39, 0.29) is 5.56 Å². The Morgan fingerprint density at radius 3 is 2.10 bits per heavy atom. The molecule has 0 heterocycles. The maximum Gasteiger partial charge on any atom is 0.196 e. The van der Waals surface area contributed by atoms with Crippen molar-refractivity contribution < 1.29 is 27.8 Å². The van der Waals surface area contributed by atoms with Crippen LogP contribution in [-0.2, 0) is 0 Å². The number of halogens is 3. The fourth-order valence-electron chi connectivity index (χ4n) is 1.79. The van der Waals surface area contributed by atoms with Crippen molar-refractivity contribution in [2.75, 3.05) is 7.11 Å². The van der Waals surface area contributed by atoms with Crippen molar-refractivity contribution in [3.05, 3.63) is 65.0 Å². The molecule has 0 saturated carbocycles. The van der Waals surface area contributed by atoms with Crippen molar-refractivity contribution >= 4 is 5.78 Å². The summed E-state index contributed by atoms with van der Waals surface area (Å²) < 4.78 is 44.0. The summed E-state index contributed by atoms with van der Waals surface area (Å²) in [5, 5.41) is 9.93. The van der Waals surface area contributed by atoms with E-state index in [0.29, 0.717) is 17.9 Å². The number of ketones is 1. The summed E-state index contributed by atoms with van der Waals surface area (Å²) in [4.78, 5) is 12.0. The summed E-state index contributed by atoms with van der Waals surface area (Å²) in [6.45, 7) is 0. The van der Waals surface area contributed by atoms with E-state index in [9.17, 15) is 23.1 Å². The Hall–Kier alpha value is -2.34. The second-order valence-corrected chi connectivity index (χ2v) is 4.29. The van der Waals surface area contributed by atoms with Crippen LogP contribution in [0.15, 0.2) is 36.4 Å². The van der Waals surface area contributed by atoms with Gasteiger partial charge in [0, 0.05) is 5.56 Å². The fourth-order valence-corrected chi connectivity index (χ4v) is 1.79. The lowest BCUT2D eigenvalue weighted by atomic mass is 9.99. The molecular weight excluding hydrogens is 285 g/mol. The van der Waals surface area contributed by atoms with Gasteiger partial charge in [-0.1, -0.05) is 12.1 Å². The van der Waals surface area contributed by atoms with Gasteiger partial charge in [0.15, 0.2) is 23.2 Å². The highest BCUT2D eigenvalue weighted by atomic mass is 19.2. The van der Waals surface area contributed by atoms with Gasteiger partial charge in [0.05, 0.1) is 7.11 Å². The van der Waals surface area contributed by atoms with Gasteiger partial charge in [-0.15, -0.1) is 0 Å². The molecule has 6 heteroatoms. The molecule has 0 aliphatic carbocycles. The monoisotopic (exact) mass is 296 g/mol. The van der Waals surface area contributed by atoms with E-state index < -0.39 is 34.9 Å². The molecule has 21 heavy (non-hydrogen) atoms. The van der Waals surface area contributed by atoms with Crippen LogP contribution in [0, 0.1) is 17.5 Å². The summed E-state index contributed by atoms with van der Waals surface area (Å²) in [5.41, 5.74) is -0.222. The van der Waals surface area contributed by atoms with Crippen LogP contribution in [0.4, 0.5) is 13.2 Å². The Bertz CT molecular complexity index is 645. The van der Waals surface area contributed by atoms with Gasteiger partial charge < -0.3 is 9.84 Å². The summed E-state index contributed by atoms with van der Waals surface area (Å²) in [7, 11) is 1.46. The number of hydrogen-bond donors (Lipinski definition) is 1. The van der Waals surface area contributed by atoms with E-state index in [1.54, 1.807) is 0 Å². The largest absolute Gasteiger partial charge is 0.497 e. The van der Waals surface area contributed by atoms with E-state index >= 15 is 0 Å². The lowest BCUT2D eigenvalue weighted by Crippen LogP contribution is -2.13. The third-order valence-corrected chi connectivity index (χ3v) is 2.95. The summed E-state index contributed by atoms with van der Waals surface area (Å²) in [6, 6.07) is 7.03. The number of carbonyl (C=O) groups excluding carboxylic acids is 1. The molecule has 1 atom stereocenters. The molecule has 0 bridgehead atoms. The van der Waals surface area contributed by atoms with Crippen molar-refractivity contribution in [3.63, 3.8) is 0 Å². The zero-order valence-corrected chi connectivity index (χ0v) is 10.9. The van der Waals surface area contributed by atoms with E-state index in [2.05, 4.69) is 0 Å². The van der Waals surface area contributed by atoms with Crippen molar-refractivity contribution in [2.24, 2.45) is 0 Å². The smallest absolute Gasteiger partial charge is 0.196 e. The van der Waals surface area contributed by atoms with E-state index in [0.717, 1.165) is 0 Å². The van der Waals surface area contributed by atoms with E-state index in [4.69, 9.17) is 4.74 Å². The van der Waals surface area contributed by atoms with Crippen LogP contribution in [0.1, 0.15) is 22.0 Å². The molecule has 0 radical (unpaired) electrons. The molecule has 0 aliphatic heterocycles. The average Bonchev–Trinajstić information content (AvgIpc) is 2.50. The predicted molar refractivity (Wildman–Crippen MR) is 68.6 cm³/mol. The third kappa shape index (κ3) is 3.05. The summed E-state index contributed by atoms with van der Waals surface area (Å²) >= 11 is 0. The van der Waals surface area contributed by atoms with Crippen molar-refractivity contribution in [1.82, 2.24) is 0 Å². The second kappa shape index (κ2) is 5.97. The number of benzene rings is 2. The van der Waals surface area contributed by atoms with Crippen LogP contribution in [0.3, 0.4) is 0 Å². The Morgan fingerprint density at radius 1 is 1.10 bits per heavy atom. The number of rotatable bonds is 4. The quantitative estimate of drug-likeness (QED) is 0.697. The standard InChI is InChI=1S/C15H11F3O3/c1-21-10-4-2-8(3-5-10)14(19)15(20)9-6-11(16)13(18)12(17)7-9/h2-7,14,19H,1H3. The number of aliphatic hydroxyl groups excluding tert-OH is 1. The molecule has 0 spiro atoms. The first-order valence-corrected chi connectivity index (χ1v) is 5.95. The van der Waals surface area contributed by atoms with Gasteiger partial charge in [0.25, 0.3) is 0 Å².